The third-order valence-corrected chi connectivity index (χ3v) is 2.89. The van der Waals surface area contributed by atoms with Gasteiger partial charge in [-0.1, -0.05) is 0 Å². The number of rotatable bonds is 2. The Labute approximate surface area is 139 Å². The average Bonchev–Trinajstić information content (AvgIpc) is 2.23. The Balaban J connectivity index is 3.17. The van der Waals surface area contributed by atoms with Crippen molar-refractivity contribution < 1.29 is 19.1 Å². The van der Waals surface area contributed by atoms with Crippen molar-refractivity contribution in [2.75, 3.05) is 0 Å². The molecule has 0 saturated carbocycles. The molecule has 0 fully saturated rings. The van der Waals surface area contributed by atoms with Gasteiger partial charge in [-0.05, 0) is 82.3 Å². The van der Waals surface area contributed by atoms with E-state index in [1.807, 2.05) is 0 Å². The highest BCUT2D eigenvalue weighted by Crippen LogP contribution is 2.21. The summed E-state index contributed by atoms with van der Waals surface area (Å²) in [5.41, 5.74) is -0.792. The third kappa shape index (κ3) is 6.03. The van der Waals surface area contributed by atoms with Gasteiger partial charge in [0.15, 0.2) is 0 Å². The van der Waals surface area contributed by atoms with E-state index in [2.05, 4.69) is 22.6 Å². The van der Waals surface area contributed by atoms with Crippen LogP contribution in [-0.2, 0) is 9.47 Å². The summed E-state index contributed by atoms with van der Waals surface area (Å²) >= 11 is 2.08. The molecule has 0 heterocycles. The molecule has 0 unspecified atom stereocenters. The zero-order valence-electron chi connectivity index (χ0n) is 13.2. The minimum atomic E-state index is -0.621. The smallest absolute Gasteiger partial charge is 0.339 e. The van der Waals surface area contributed by atoms with Crippen LogP contribution in [0.25, 0.3) is 0 Å². The van der Waals surface area contributed by atoms with E-state index in [0.717, 1.165) is 3.57 Å². The first-order valence-corrected chi connectivity index (χ1v) is 7.73. The summed E-state index contributed by atoms with van der Waals surface area (Å²) in [6.07, 6.45) is 0. The predicted molar refractivity (Wildman–Crippen MR) is 89.5 cm³/mol. The molecule has 0 aliphatic rings. The first-order valence-electron chi connectivity index (χ1n) is 6.65. The topological polar surface area (TPSA) is 52.6 Å². The molecule has 116 valence electrons. The van der Waals surface area contributed by atoms with E-state index < -0.39 is 23.1 Å². The lowest BCUT2D eigenvalue weighted by Gasteiger charge is -2.22. The van der Waals surface area contributed by atoms with Crippen LogP contribution in [0.15, 0.2) is 18.2 Å². The molecular formula is C16H21IO4. The molecule has 5 heteroatoms. The number of hydrogen-bond acceptors (Lipinski definition) is 4. The van der Waals surface area contributed by atoms with Crippen LogP contribution in [0, 0.1) is 3.57 Å². The van der Waals surface area contributed by atoms with E-state index in [1.54, 1.807) is 59.7 Å². The van der Waals surface area contributed by atoms with Gasteiger partial charge >= 0.3 is 11.9 Å². The Morgan fingerprint density at radius 3 is 1.71 bits per heavy atom. The fraction of sp³-hybridized carbons (Fsp3) is 0.500. The van der Waals surface area contributed by atoms with Gasteiger partial charge in [-0.2, -0.15) is 0 Å². The number of ether oxygens (including phenoxy) is 2. The van der Waals surface area contributed by atoms with Gasteiger partial charge in [0, 0.05) is 3.57 Å². The Morgan fingerprint density at radius 2 is 1.29 bits per heavy atom. The van der Waals surface area contributed by atoms with Crippen molar-refractivity contribution >= 4 is 34.5 Å². The number of carbonyl (C=O) groups excluding carboxylic acids is 2. The van der Waals surface area contributed by atoms with Crippen molar-refractivity contribution in [1.82, 2.24) is 0 Å². The maximum Gasteiger partial charge on any atom is 0.339 e. The number of esters is 2. The number of benzene rings is 1. The van der Waals surface area contributed by atoms with Crippen molar-refractivity contribution in [3.8, 4) is 0 Å². The van der Waals surface area contributed by atoms with Gasteiger partial charge in [0.1, 0.15) is 11.2 Å². The molecule has 0 aliphatic heterocycles. The molecule has 0 saturated heterocycles. The molecule has 0 spiro atoms. The van der Waals surface area contributed by atoms with Gasteiger partial charge in [0.25, 0.3) is 0 Å². The van der Waals surface area contributed by atoms with Crippen molar-refractivity contribution in [3.05, 3.63) is 32.9 Å². The van der Waals surface area contributed by atoms with E-state index in [1.165, 1.54) is 0 Å². The highest BCUT2D eigenvalue weighted by atomic mass is 127. The van der Waals surface area contributed by atoms with Gasteiger partial charge in [-0.25, -0.2) is 9.59 Å². The first kappa shape index (κ1) is 17.9. The van der Waals surface area contributed by atoms with Crippen molar-refractivity contribution in [1.29, 1.82) is 0 Å². The monoisotopic (exact) mass is 404 g/mol. The van der Waals surface area contributed by atoms with Gasteiger partial charge in [-0.15, -0.1) is 0 Å². The van der Waals surface area contributed by atoms with Crippen LogP contribution in [0.4, 0.5) is 0 Å². The summed E-state index contributed by atoms with van der Waals surface area (Å²) in [6.45, 7) is 10.7. The predicted octanol–water partition coefficient (Wildman–Crippen LogP) is 4.20. The van der Waals surface area contributed by atoms with E-state index in [9.17, 15) is 9.59 Å². The van der Waals surface area contributed by atoms with Crippen molar-refractivity contribution in [3.63, 3.8) is 0 Å². The summed E-state index contributed by atoms with van der Waals surface area (Å²) < 4.78 is 11.5. The molecule has 4 nitrogen and oxygen atoms in total. The summed E-state index contributed by atoms with van der Waals surface area (Å²) in [5.74, 6) is -1.05. The largest absolute Gasteiger partial charge is 0.456 e. The first-order chi connectivity index (χ1) is 9.39. The Morgan fingerprint density at radius 1 is 0.857 bits per heavy atom. The molecule has 21 heavy (non-hydrogen) atoms. The highest BCUT2D eigenvalue weighted by Gasteiger charge is 2.26. The minimum absolute atomic E-state index is 0.222. The Kier molecular flexibility index (Phi) is 5.41. The second-order valence-corrected chi connectivity index (χ2v) is 7.94. The average molecular weight is 404 g/mol. The van der Waals surface area contributed by atoms with Crippen LogP contribution in [0.2, 0.25) is 0 Å². The van der Waals surface area contributed by atoms with Crippen molar-refractivity contribution in [2.24, 2.45) is 0 Å². The van der Waals surface area contributed by atoms with Gasteiger partial charge in [-0.3, -0.25) is 0 Å². The van der Waals surface area contributed by atoms with Crippen molar-refractivity contribution in [2.45, 2.75) is 52.7 Å². The Hall–Kier alpha value is -1.11. The number of hydrogen-bond donors (Lipinski definition) is 0. The second-order valence-electron chi connectivity index (χ2n) is 6.69. The fourth-order valence-electron chi connectivity index (χ4n) is 1.53. The summed E-state index contributed by atoms with van der Waals surface area (Å²) in [4.78, 5) is 24.5. The number of halogens is 1. The molecule has 0 N–H and O–H groups in total. The van der Waals surface area contributed by atoms with Crippen LogP contribution in [-0.4, -0.2) is 23.1 Å². The highest BCUT2D eigenvalue weighted by molar-refractivity contribution is 14.1. The molecule has 0 amide bonds. The second kappa shape index (κ2) is 6.34. The van der Waals surface area contributed by atoms with Gasteiger partial charge in [0.05, 0.1) is 11.1 Å². The molecule has 1 rings (SSSR count). The van der Waals surface area contributed by atoms with Gasteiger partial charge in [0.2, 0.25) is 0 Å². The lowest BCUT2D eigenvalue weighted by atomic mass is 10.1. The van der Waals surface area contributed by atoms with Crippen LogP contribution in [0.3, 0.4) is 0 Å². The van der Waals surface area contributed by atoms with Gasteiger partial charge < -0.3 is 9.47 Å². The molecule has 1 aromatic rings. The van der Waals surface area contributed by atoms with E-state index >= 15 is 0 Å². The summed E-state index contributed by atoms with van der Waals surface area (Å²) in [5, 5.41) is 0. The van der Waals surface area contributed by atoms with E-state index in [4.69, 9.17) is 9.47 Å². The molecule has 0 bridgehead atoms. The standard InChI is InChI=1S/C16H21IO4/c1-15(2,3)20-13(18)11-8-7-10(17)9-12(11)14(19)21-16(4,5)6/h7-9H,1-6H3. The Bertz CT molecular complexity index is 550. The lowest BCUT2D eigenvalue weighted by Crippen LogP contribution is -2.28. The summed E-state index contributed by atoms with van der Waals surface area (Å²) in [6, 6.07) is 4.98. The lowest BCUT2D eigenvalue weighted by molar-refractivity contribution is 0.00186. The number of carbonyl (C=O) groups is 2. The van der Waals surface area contributed by atoms with Crippen LogP contribution in [0.5, 0.6) is 0 Å². The normalized spacial score (nSPS) is 12.0. The van der Waals surface area contributed by atoms with Crippen LogP contribution in [0.1, 0.15) is 62.3 Å². The maximum absolute atomic E-state index is 12.3. The zero-order chi connectivity index (χ0) is 16.4. The fourth-order valence-corrected chi connectivity index (χ4v) is 2.02. The van der Waals surface area contributed by atoms with E-state index in [-0.39, 0.29) is 11.1 Å². The minimum Gasteiger partial charge on any atom is -0.456 e. The third-order valence-electron chi connectivity index (χ3n) is 2.22. The molecule has 0 aromatic heterocycles. The summed E-state index contributed by atoms with van der Waals surface area (Å²) in [7, 11) is 0. The molecule has 1 aromatic carbocycles. The molecule has 0 radical (unpaired) electrons. The van der Waals surface area contributed by atoms with E-state index in [0.29, 0.717) is 0 Å². The quantitative estimate of drug-likeness (QED) is 0.548. The molecule has 0 atom stereocenters. The van der Waals surface area contributed by atoms with Crippen LogP contribution < -0.4 is 0 Å². The molecular weight excluding hydrogens is 383 g/mol. The SMILES string of the molecule is CC(C)(C)OC(=O)c1ccc(I)cc1C(=O)OC(C)(C)C. The zero-order valence-corrected chi connectivity index (χ0v) is 15.4. The van der Waals surface area contributed by atoms with Crippen LogP contribution >= 0.6 is 22.6 Å². The molecule has 0 aliphatic carbocycles. The maximum atomic E-state index is 12.3.